The van der Waals surface area contributed by atoms with Crippen molar-refractivity contribution in [2.24, 2.45) is 0 Å². The Morgan fingerprint density at radius 2 is 2.12 bits per heavy atom. The molecule has 0 amide bonds. The maximum Gasteiger partial charge on any atom is 0.213 e. The molecule has 0 atom stereocenters. The average Bonchev–Trinajstić information content (AvgIpc) is 2.37. The summed E-state index contributed by atoms with van der Waals surface area (Å²) in [4.78, 5) is 4.24. The zero-order valence-electron chi connectivity index (χ0n) is 10.7. The first kappa shape index (κ1) is 13.9. The third-order valence-corrected chi connectivity index (χ3v) is 2.24. The van der Waals surface area contributed by atoms with Crippen molar-refractivity contribution in [3.8, 4) is 5.88 Å². The summed E-state index contributed by atoms with van der Waals surface area (Å²) < 4.78 is 10.6. The fraction of sp³-hybridized carbons (Fsp3) is 0.615. The van der Waals surface area contributed by atoms with Crippen LogP contribution in [-0.2, 0) is 11.3 Å². The lowest BCUT2D eigenvalue weighted by molar-refractivity contribution is 0.108. The van der Waals surface area contributed by atoms with Gasteiger partial charge in [-0.3, -0.25) is 0 Å². The summed E-state index contributed by atoms with van der Waals surface area (Å²) in [5, 5.41) is 3.33. The van der Waals surface area contributed by atoms with Crippen LogP contribution in [0.15, 0.2) is 18.3 Å². The van der Waals surface area contributed by atoms with Crippen LogP contribution in [0, 0.1) is 0 Å². The molecule has 0 fully saturated rings. The van der Waals surface area contributed by atoms with E-state index in [1.54, 1.807) is 0 Å². The SMILES string of the molecule is CCCNCc1ccc(OCCOCC)nc1. The lowest BCUT2D eigenvalue weighted by atomic mass is 10.3. The third kappa shape index (κ3) is 6.24. The predicted octanol–water partition coefficient (Wildman–Crippen LogP) is 2.00. The van der Waals surface area contributed by atoms with Gasteiger partial charge in [0.15, 0.2) is 0 Å². The summed E-state index contributed by atoms with van der Waals surface area (Å²) in [6, 6.07) is 3.93. The molecule has 1 heterocycles. The molecule has 1 N–H and O–H groups in total. The summed E-state index contributed by atoms with van der Waals surface area (Å²) in [6.45, 7) is 7.90. The predicted molar refractivity (Wildman–Crippen MR) is 68.2 cm³/mol. The largest absolute Gasteiger partial charge is 0.475 e. The van der Waals surface area contributed by atoms with Crippen LogP contribution in [-0.4, -0.2) is 31.3 Å². The number of hydrogen-bond donors (Lipinski definition) is 1. The number of pyridine rings is 1. The Kier molecular flexibility index (Phi) is 7.34. The van der Waals surface area contributed by atoms with Gasteiger partial charge >= 0.3 is 0 Å². The van der Waals surface area contributed by atoms with Gasteiger partial charge in [-0.1, -0.05) is 13.0 Å². The van der Waals surface area contributed by atoms with Crippen LogP contribution >= 0.6 is 0 Å². The molecular weight excluding hydrogens is 216 g/mol. The van der Waals surface area contributed by atoms with Crippen molar-refractivity contribution in [3.63, 3.8) is 0 Å². The molecule has 0 spiro atoms. The van der Waals surface area contributed by atoms with Crippen LogP contribution in [0.3, 0.4) is 0 Å². The minimum Gasteiger partial charge on any atom is -0.475 e. The van der Waals surface area contributed by atoms with Crippen molar-refractivity contribution in [3.05, 3.63) is 23.9 Å². The normalized spacial score (nSPS) is 10.5. The Bertz CT molecular complexity index is 288. The van der Waals surface area contributed by atoms with Crippen LogP contribution in [0.5, 0.6) is 5.88 Å². The van der Waals surface area contributed by atoms with Gasteiger partial charge in [-0.05, 0) is 25.5 Å². The maximum atomic E-state index is 5.43. The third-order valence-electron chi connectivity index (χ3n) is 2.24. The number of aromatic nitrogens is 1. The van der Waals surface area contributed by atoms with Crippen LogP contribution < -0.4 is 10.1 Å². The monoisotopic (exact) mass is 238 g/mol. The van der Waals surface area contributed by atoms with Gasteiger partial charge in [-0.2, -0.15) is 0 Å². The molecule has 0 unspecified atom stereocenters. The Labute approximate surface area is 103 Å². The van der Waals surface area contributed by atoms with E-state index in [-0.39, 0.29) is 0 Å². The molecule has 1 aromatic rings. The molecule has 0 saturated heterocycles. The summed E-state index contributed by atoms with van der Waals surface area (Å²) in [5.41, 5.74) is 1.18. The summed E-state index contributed by atoms with van der Waals surface area (Å²) in [5.74, 6) is 0.656. The zero-order chi connectivity index (χ0) is 12.3. The van der Waals surface area contributed by atoms with E-state index in [9.17, 15) is 0 Å². The van der Waals surface area contributed by atoms with Crippen LogP contribution in [0.4, 0.5) is 0 Å². The molecule has 0 aliphatic carbocycles. The fourth-order valence-corrected chi connectivity index (χ4v) is 1.36. The minimum atomic E-state index is 0.550. The first-order valence-corrected chi connectivity index (χ1v) is 6.23. The first-order valence-electron chi connectivity index (χ1n) is 6.23. The molecule has 1 rings (SSSR count). The number of nitrogens with one attached hydrogen (secondary N) is 1. The lowest BCUT2D eigenvalue weighted by Crippen LogP contribution is -2.14. The molecule has 0 radical (unpaired) electrons. The molecule has 0 saturated carbocycles. The van der Waals surface area contributed by atoms with Crippen molar-refractivity contribution in [1.82, 2.24) is 10.3 Å². The van der Waals surface area contributed by atoms with Gasteiger partial charge in [0.2, 0.25) is 5.88 Å². The molecule has 4 heteroatoms. The second kappa shape index (κ2) is 8.96. The molecule has 17 heavy (non-hydrogen) atoms. The summed E-state index contributed by atoms with van der Waals surface area (Å²) in [7, 11) is 0. The zero-order valence-corrected chi connectivity index (χ0v) is 10.7. The highest BCUT2D eigenvalue weighted by Crippen LogP contribution is 2.07. The van der Waals surface area contributed by atoms with E-state index in [1.807, 2.05) is 25.3 Å². The summed E-state index contributed by atoms with van der Waals surface area (Å²) >= 11 is 0. The van der Waals surface area contributed by atoms with Gasteiger partial charge in [0, 0.05) is 25.4 Å². The minimum absolute atomic E-state index is 0.550. The molecule has 0 aliphatic rings. The Hall–Kier alpha value is -1.13. The van der Waals surface area contributed by atoms with Crippen molar-refractivity contribution in [1.29, 1.82) is 0 Å². The second-order valence-electron chi connectivity index (χ2n) is 3.73. The molecule has 0 aliphatic heterocycles. The van der Waals surface area contributed by atoms with E-state index in [0.717, 1.165) is 26.1 Å². The van der Waals surface area contributed by atoms with Crippen molar-refractivity contribution in [2.45, 2.75) is 26.8 Å². The molecule has 4 nitrogen and oxygen atoms in total. The highest BCUT2D eigenvalue weighted by atomic mass is 16.5. The Morgan fingerprint density at radius 3 is 2.76 bits per heavy atom. The second-order valence-corrected chi connectivity index (χ2v) is 3.73. The van der Waals surface area contributed by atoms with Gasteiger partial charge in [-0.25, -0.2) is 4.98 Å². The quantitative estimate of drug-likeness (QED) is 0.668. The average molecular weight is 238 g/mol. The van der Waals surface area contributed by atoms with Crippen LogP contribution in [0.2, 0.25) is 0 Å². The van der Waals surface area contributed by atoms with E-state index >= 15 is 0 Å². The van der Waals surface area contributed by atoms with Crippen LogP contribution in [0.1, 0.15) is 25.8 Å². The van der Waals surface area contributed by atoms with E-state index in [4.69, 9.17) is 9.47 Å². The van der Waals surface area contributed by atoms with Gasteiger partial charge in [0.05, 0.1) is 6.61 Å². The van der Waals surface area contributed by atoms with Crippen molar-refractivity contribution in [2.75, 3.05) is 26.4 Å². The van der Waals surface area contributed by atoms with Crippen molar-refractivity contribution < 1.29 is 9.47 Å². The molecular formula is C13H22N2O2. The highest BCUT2D eigenvalue weighted by Gasteiger charge is 1.96. The number of ether oxygens (including phenoxy) is 2. The molecule has 0 aromatic carbocycles. The maximum absolute atomic E-state index is 5.43. The highest BCUT2D eigenvalue weighted by molar-refractivity contribution is 5.17. The molecule has 96 valence electrons. The molecule has 0 bridgehead atoms. The van der Waals surface area contributed by atoms with Gasteiger partial charge in [-0.15, -0.1) is 0 Å². The van der Waals surface area contributed by atoms with E-state index in [0.29, 0.717) is 19.1 Å². The van der Waals surface area contributed by atoms with Gasteiger partial charge in [0.25, 0.3) is 0 Å². The first-order chi connectivity index (χ1) is 8.36. The van der Waals surface area contributed by atoms with E-state index in [1.165, 1.54) is 5.56 Å². The number of hydrogen-bond acceptors (Lipinski definition) is 4. The van der Waals surface area contributed by atoms with Crippen molar-refractivity contribution >= 4 is 0 Å². The van der Waals surface area contributed by atoms with Gasteiger partial charge < -0.3 is 14.8 Å². The Morgan fingerprint density at radius 1 is 1.24 bits per heavy atom. The van der Waals surface area contributed by atoms with Crippen LogP contribution in [0.25, 0.3) is 0 Å². The van der Waals surface area contributed by atoms with Gasteiger partial charge in [0.1, 0.15) is 6.61 Å². The lowest BCUT2D eigenvalue weighted by Gasteiger charge is -2.06. The fourth-order valence-electron chi connectivity index (χ4n) is 1.36. The topological polar surface area (TPSA) is 43.4 Å². The smallest absolute Gasteiger partial charge is 0.213 e. The Balaban J connectivity index is 2.24. The van der Waals surface area contributed by atoms with E-state index < -0.39 is 0 Å². The van der Waals surface area contributed by atoms with E-state index in [2.05, 4.69) is 17.2 Å². The number of rotatable bonds is 9. The summed E-state index contributed by atoms with van der Waals surface area (Å²) in [6.07, 6.45) is 2.99. The number of nitrogens with zero attached hydrogens (tertiary/aromatic N) is 1. The standard InChI is InChI=1S/C13H22N2O2/c1-3-7-14-10-12-5-6-13(15-11-12)17-9-8-16-4-2/h5-6,11,14H,3-4,7-10H2,1-2H3. The molecule has 1 aromatic heterocycles.